The predicted molar refractivity (Wildman–Crippen MR) is 213 cm³/mol. The van der Waals surface area contributed by atoms with Crippen LogP contribution in [0.2, 0.25) is 0 Å². The minimum atomic E-state index is -1.13. The summed E-state index contributed by atoms with van der Waals surface area (Å²) in [5, 5.41) is 38.8. The summed E-state index contributed by atoms with van der Waals surface area (Å²) >= 11 is 0. The number of anilines is 1. The van der Waals surface area contributed by atoms with Crippen LogP contribution in [0.4, 0.5) is 10.5 Å². The standard InChI is InChI=1S/C44H45N3O9/c1-3-8-37-36(19-20-38(49)42(37)46-28-48)39(50)25-45-22-21-31-16-15-30(23-40(31)54-2)27-56-43(51)33-17-13-29(14-18-33)26-55-35-12-7-11-34(24-35)41(47-44(52)53)32-9-5-4-6-10-32/h3-20,23-24,28,39,41,45,47,49-50H,21-22,25-27H2,1-2H3,(H,46,48)(H,52,53)/b8-3-. The zero-order chi connectivity index (χ0) is 39.9. The van der Waals surface area contributed by atoms with Crippen molar-refractivity contribution in [1.82, 2.24) is 10.6 Å². The first kappa shape index (κ1) is 40.6. The van der Waals surface area contributed by atoms with Crippen LogP contribution in [-0.2, 0) is 29.2 Å². The molecule has 2 amide bonds. The van der Waals surface area contributed by atoms with Crippen LogP contribution in [-0.4, -0.2) is 54.0 Å². The number of aromatic hydroxyl groups is 1. The normalized spacial score (nSPS) is 12.1. The summed E-state index contributed by atoms with van der Waals surface area (Å²) < 4.78 is 17.2. The van der Waals surface area contributed by atoms with Gasteiger partial charge in [-0.1, -0.05) is 84.9 Å². The van der Waals surface area contributed by atoms with Crippen molar-refractivity contribution in [1.29, 1.82) is 0 Å². The minimum Gasteiger partial charge on any atom is -0.506 e. The van der Waals surface area contributed by atoms with Crippen LogP contribution < -0.4 is 25.4 Å². The molecule has 6 N–H and O–H groups in total. The van der Waals surface area contributed by atoms with Crippen molar-refractivity contribution in [3.8, 4) is 17.2 Å². The average molecular weight is 760 g/mol. The second-order valence-electron chi connectivity index (χ2n) is 12.8. The monoisotopic (exact) mass is 759 g/mol. The van der Waals surface area contributed by atoms with Crippen LogP contribution in [0, 0.1) is 0 Å². The van der Waals surface area contributed by atoms with E-state index in [0.717, 1.165) is 27.8 Å². The van der Waals surface area contributed by atoms with Gasteiger partial charge in [-0.05, 0) is 89.7 Å². The number of hydrogen-bond donors (Lipinski definition) is 6. The molecule has 0 aliphatic carbocycles. The maximum atomic E-state index is 12.9. The number of rotatable bonds is 19. The van der Waals surface area contributed by atoms with E-state index in [1.54, 1.807) is 68.7 Å². The van der Waals surface area contributed by atoms with E-state index >= 15 is 0 Å². The van der Waals surface area contributed by atoms with Gasteiger partial charge in [-0.15, -0.1) is 0 Å². The first-order valence-electron chi connectivity index (χ1n) is 18.0. The number of hydrogen-bond acceptors (Lipinski definition) is 9. The van der Waals surface area contributed by atoms with Crippen LogP contribution in [0.25, 0.3) is 6.08 Å². The highest BCUT2D eigenvalue weighted by Gasteiger charge is 2.19. The number of phenolic OH excluding ortho intramolecular Hbond substituents is 1. The second kappa shape index (κ2) is 20.2. The number of methoxy groups -OCH3 is 1. The Balaban J connectivity index is 1.10. The molecule has 56 heavy (non-hydrogen) atoms. The molecule has 0 aliphatic heterocycles. The van der Waals surface area contributed by atoms with Gasteiger partial charge >= 0.3 is 12.1 Å². The highest BCUT2D eigenvalue weighted by atomic mass is 16.5. The molecule has 0 bridgehead atoms. The van der Waals surface area contributed by atoms with Gasteiger partial charge in [0, 0.05) is 12.1 Å². The first-order valence-corrected chi connectivity index (χ1v) is 18.0. The molecule has 0 fully saturated rings. The fraction of sp³-hybridized carbons (Fsp3) is 0.205. The first-order chi connectivity index (χ1) is 27.2. The lowest BCUT2D eigenvalue weighted by Crippen LogP contribution is -2.27. The maximum absolute atomic E-state index is 12.9. The van der Waals surface area contributed by atoms with E-state index in [1.165, 1.54) is 6.07 Å². The molecule has 12 nitrogen and oxygen atoms in total. The number of aliphatic hydroxyl groups is 1. The lowest BCUT2D eigenvalue weighted by molar-refractivity contribution is -0.105. The third kappa shape index (κ3) is 11.0. The van der Waals surface area contributed by atoms with Gasteiger partial charge in [-0.3, -0.25) is 4.79 Å². The van der Waals surface area contributed by atoms with Crippen molar-refractivity contribution in [2.75, 3.05) is 25.5 Å². The van der Waals surface area contributed by atoms with Crippen molar-refractivity contribution in [3.63, 3.8) is 0 Å². The summed E-state index contributed by atoms with van der Waals surface area (Å²) in [7, 11) is 1.57. The number of allylic oxidation sites excluding steroid dienone is 1. The average Bonchev–Trinajstić information content (AvgIpc) is 3.22. The third-order valence-electron chi connectivity index (χ3n) is 8.97. The molecule has 0 saturated carbocycles. The Labute approximate surface area is 325 Å². The van der Waals surface area contributed by atoms with Crippen molar-refractivity contribution in [2.24, 2.45) is 0 Å². The van der Waals surface area contributed by atoms with E-state index in [4.69, 9.17) is 14.2 Å². The van der Waals surface area contributed by atoms with Gasteiger partial charge in [0.25, 0.3) is 0 Å². The Bertz CT molecular complexity index is 2120. The topological polar surface area (TPSA) is 176 Å². The molecule has 0 radical (unpaired) electrons. The highest BCUT2D eigenvalue weighted by Crippen LogP contribution is 2.34. The Morgan fingerprint density at radius 3 is 2.32 bits per heavy atom. The number of amides is 2. The molecule has 0 aromatic heterocycles. The fourth-order valence-electron chi connectivity index (χ4n) is 6.18. The lowest BCUT2D eigenvalue weighted by Gasteiger charge is -2.19. The zero-order valence-corrected chi connectivity index (χ0v) is 31.1. The number of carboxylic acid groups (broad SMARTS) is 1. The van der Waals surface area contributed by atoms with Crippen LogP contribution in [0.15, 0.2) is 115 Å². The number of aliphatic hydroxyl groups excluding tert-OH is 1. The molecule has 12 heteroatoms. The number of carbonyl (C=O) groups excluding carboxylic acids is 2. The van der Waals surface area contributed by atoms with Crippen molar-refractivity contribution in [2.45, 2.75) is 38.7 Å². The molecule has 5 aromatic carbocycles. The molecule has 0 spiro atoms. The fourth-order valence-corrected chi connectivity index (χ4v) is 6.18. The van der Waals surface area contributed by atoms with E-state index < -0.39 is 24.2 Å². The highest BCUT2D eigenvalue weighted by molar-refractivity contribution is 5.89. The van der Waals surface area contributed by atoms with Crippen molar-refractivity contribution in [3.05, 3.63) is 160 Å². The van der Waals surface area contributed by atoms with E-state index in [9.17, 15) is 29.7 Å². The van der Waals surface area contributed by atoms with Crippen LogP contribution in [0.3, 0.4) is 0 Å². The lowest BCUT2D eigenvalue weighted by atomic mass is 9.98. The van der Waals surface area contributed by atoms with E-state index in [0.29, 0.717) is 47.6 Å². The summed E-state index contributed by atoms with van der Waals surface area (Å²) in [6, 6.07) is 31.6. The largest absolute Gasteiger partial charge is 0.506 e. The Hall–Kier alpha value is -6.63. The molecule has 290 valence electrons. The van der Waals surface area contributed by atoms with E-state index in [2.05, 4.69) is 16.0 Å². The summed E-state index contributed by atoms with van der Waals surface area (Å²) in [4.78, 5) is 35.5. The smallest absolute Gasteiger partial charge is 0.405 e. The number of ether oxygens (including phenoxy) is 3. The van der Waals surface area contributed by atoms with E-state index in [-0.39, 0.29) is 31.2 Å². The molecule has 0 aliphatic rings. The number of benzene rings is 5. The van der Waals surface area contributed by atoms with E-state index in [1.807, 2.05) is 60.7 Å². The van der Waals surface area contributed by atoms with Gasteiger partial charge in [-0.25, -0.2) is 9.59 Å². The van der Waals surface area contributed by atoms with Crippen LogP contribution >= 0.6 is 0 Å². The van der Waals surface area contributed by atoms with Crippen LogP contribution in [0.5, 0.6) is 17.2 Å². The molecule has 0 saturated heterocycles. The van der Waals surface area contributed by atoms with Crippen molar-refractivity contribution >= 4 is 30.2 Å². The number of carbonyl (C=O) groups is 3. The van der Waals surface area contributed by atoms with Gasteiger partial charge in [0.1, 0.15) is 30.5 Å². The van der Waals surface area contributed by atoms with Gasteiger partial charge in [0.05, 0.1) is 30.5 Å². The van der Waals surface area contributed by atoms with Crippen LogP contribution in [0.1, 0.15) is 68.4 Å². The maximum Gasteiger partial charge on any atom is 0.405 e. The third-order valence-corrected chi connectivity index (χ3v) is 8.97. The number of phenols is 1. The quantitative estimate of drug-likeness (QED) is 0.0219. The Morgan fingerprint density at radius 2 is 1.61 bits per heavy atom. The summed E-state index contributed by atoms with van der Waals surface area (Å²) in [6.45, 7) is 2.85. The molecule has 2 atom stereocenters. The molecule has 5 aromatic rings. The van der Waals surface area contributed by atoms with Crippen molar-refractivity contribution < 1.29 is 43.9 Å². The Kier molecular flexibility index (Phi) is 14.6. The van der Waals surface area contributed by atoms with Gasteiger partial charge in [0.2, 0.25) is 6.41 Å². The summed E-state index contributed by atoms with van der Waals surface area (Å²) in [5.74, 6) is 0.644. The molecule has 5 rings (SSSR count). The van der Waals surface area contributed by atoms with Gasteiger partial charge < -0.3 is 45.5 Å². The molecular formula is C44H45N3O9. The zero-order valence-electron chi connectivity index (χ0n) is 31.1. The number of esters is 1. The molecule has 2 unspecified atom stereocenters. The molecule has 0 heterocycles. The van der Waals surface area contributed by atoms with Gasteiger partial charge in [-0.2, -0.15) is 0 Å². The predicted octanol–water partition coefficient (Wildman–Crippen LogP) is 7.16. The number of nitrogens with one attached hydrogen (secondary N) is 3. The summed E-state index contributed by atoms with van der Waals surface area (Å²) in [6.07, 6.45) is 2.53. The van der Waals surface area contributed by atoms with Gasteiger partial charge in [0.15, 0.2) is 0 Å². The molecular weight excluding hydrogens is 714 g/mol. The summed E-state index contributed by atoms with van der Waals surface area (Å²) in [5.41, 5.74) is 5.77. The SMILES string of the molecule is C/C=C\c1c(C(O)CNCCc2ccc(COC(=O)c3ccc(COc4cccc(C(NC(=O)O)c5ccccc5)c4)cc3)cc2OC)ccc(O)c1NC=O. The minimum absolute atomic E-state index is 0.0456. The second-order valence-corrected chi connectivity index (χ2v) is 12.8. The Morgan fingerprint density at radius 1 is 0.857 bits per heavy atom.